The van der Waals surface area contributed by atoms with Gasteiger partial charge in [0, 0.05) is 30.8 Å². The third-order valence-electron chi connectivity index (χ3n) is 4.75. The summed E-state index contributed by atoms with van der Waals surface area (Å²) >= 11 is 0. The van der Waals surface area contributed by atoms with Crippen LogP contribution in [0.1, 0.15) is 25.3 Å². The van der Waals surface area contributed by atoms with Crippen LogP contribution < -0.4 is 10.6 Å². The number of nitrogens with zero attached hydrogens (tertiary/aromatic N) is 1. The van der Waals surface area contributed by atoms with E-state index in [9.17, 15) is 14.0 Å². The first-order valence-electron chi connectivity index (χ1n) is 9.15. The summed E-state index contributed by atoms with van der Waals surface area (Å²) in [6.45, 7) is 3.92. The maximum atomic E-state index is 13.0. The summed E-state index contributed by atoms with van der Waals surface area (Å²) in [5.41, 5.74) is 2.51. The summed E-state index contributed by atoms with van der Waals surface area (Å²) in [6.07, 6.45) is 1.61. The molecular formula is C21H24FN3O2. The molecule has 0 spiro atoms. The normalized spacial score (nSPS) is 15.3. The van der Waals surface area contributed by atoms with Gasteiger partial charge >= 0.3 is 0 Å². The Morgan fingerprint density at radius 3 is 2.07 bits per heavy atom. The Hall–Kier alpha value is -2.73. The smallest absolute Gasteiger partial charge is 0.227 e. The van der Waals surface area contributed by atoms with Crippen LogP contribution >= 0.6 is 0 Å². The number of rotatable bonds is 5. The Bertz CT molecular complexity index is 782. The average molecular weight is 369 g/mol. The molecule has 1 saturated heterocycles. The lowest BCUT2D eigenvalue weighted by molar-refractivity contribution is -0.121. The fourth-order valence-electron chi connectivity index (χ4n) is 3.29. The number of likely N-dealkylation sites (tertiary alicyclic amines) is 1. The standard InChI is InChI=1S/C21H24FN3O2/c1-15(26)23-19-6-8-20(9-7-19)24-21(27)17-10-12-25(13-11-17)14-16-2-4-18(22)5-3-16/h2-9,17H,10-14H2,1H3,(H,23,26)(H,24,27). The third-order valence-corrected chi connectivity index (χ3v) is 4.75. The van der Waals surface area contributed by atoms with E-state index in [0.29, 0.717) is 5.69 Å². The van der Waals surface area contributed by atoms with Gasteiger partial charge in [0.15, 0.2) is 0 Å². The highest BCUT2D eigenvalue weighted by atomic mass is 19.1. The van der Waals surface area contributed by atoms with Gasteiger partial charge < -0.3 is 10.6 Å². The lowest BCUT2D eigenvalue weighted by Crippen LogP contribution is -2.37. The van der Waals surface area contributed by atoms with Gasteiger partial charge in [0.05, 0.1) is 0 Å². The first kappa shape index (κ1) is 19.0. The Kier molecular flexibility index (Phi) is 6.19. The van der Waals surface area contributed by atoms with E-state index in [0.717, 1.165) is 43.7 Å². The molecule has 0 radical (unpaired) electrons. The summed E-state index contributed by atoms with van der Waals surface area (Å²) in [6, 6.07) is 13.7. The summed E-state index contributed by atoms with van der Waals surface area (Å²) in [7, 11) is 0. The van der Waals surface area contributed by atoms with Gasteiger partial charge in [-0.3, -0.25) is 14.5 Å². The number of carbonyl (C=O) groups excluding carboxylic acids is 2. The maximum absolute atomic E-state index is 13.0. The maximum Gasteiger partial charge on any atom is 0.227 e. The van der Waals surface area contributed by atoms with E-state index in [1.54, 1.807) is 36.4 Å². The summed E-state index contributed by atoms with van der Waals surface area (Å²) < 4.78 is 13.0. The van der Waals surface area contributed by atoms with Crippen LogP contribution in [-0.2, 0) is 16.1 Å². The van der Waals surface area contributed by atoms with E-state index < -0.39 is 0 Å². The molecule has 2 aromatic rings. The molecule has 1 aliphatic heterocycles. The second kappa shape index (κ2) is 8.77. The van der Waals surface area contributed by atoms with E-state index in [4.69, 9.17) is 0 Å². The van der Waals surface area contributed by atoms with Crippen molar-refractivity contribution < 1.29 is 14.0 Å². The largest absolute Gasteiger partial charge is 0.326 e. The van der Waals surface area contributed by atoms with Crippen molar-refractivity contribution in [2.24, 2.45) is 5.92 Å². The number of hydrogen-bond acceptors (Lipinski definition) is 3. The zero-order valence-electron chi connectivity index (χ0n) is 15.4. The van der Waals surface area contributed by atoms with Gasteiger partial charge in [-0.25, -0.2) is 4.39 Å². The van der Waals surface area contributed by atoms with Gasteiger partial charge in [-0.1, -0.05) is 12.1 Å². The molecule has 0 saturated carbocycles. The third kappa shape index (κ3) is 5.62. The highest BCUT2D eigenvalue weighted by Gasteiger charge is 2.25. The highest BCUT2D eigenvalue weighted by Crippen LogP contribution is 2.22. The van der Waals surface area contributed by atoms with Crippen molar-refractivity contribution in [1.82, 2.24) is 4.90 Å². The zero-order chi connectivity index (χ0) is 19.2. The van der Waals surface area contributed by atoms with Gasteiger partial charge in [0.2, 0.25) is 11.8 Å². The second-order valence-electron chi connectivity index (χ2n) is 6.92. The van der Waals surface area contributed by atoms with Crippen molar-refractivity contribution in [3.8, 4) is 0 Å². The van der Waals surface area contributed by atoms with Crippen molar-refractivity contribution in [2.75, 3.05) is 23.7 Å². The number of benzene rings is 2. The topological polar surface area (TPSA) is 61.4 Å². The Morgan fingerprint density at radius 2 is 1.52 bits per heavy atom. The zero-order valence-corrected chi connectivity index (χ0v) is 15.4. The van der Waals surface area contributed by atoms with Gasteiger partial charge in [0.25, 0.3) is 0 Å². The van der Waals surface area contributed by atoms with Crippen LogP contribution in [0.5, 0.6) is 0 Å². The van der Waals surface area contributed by atoms with E-state index in [-0.39, 0.29) is 23.5 Å². The van der Waals surface area contributed by atoms with Crippen molar-refractivity contribution in [2.45, 2.75) is 26.3 Å². The Morgan fingerprint density at radius 1 is 0.963 bits per heavy atom. The van der Waals surface area contributed by atoms with Crippen LogP contribution in [0, 0.1) is 11.7 Å². The number of anilines is 2. The number of nitrogens with one attached hydrogen (secondary N) is 2. The lowest BCUT2D eigenvalue weighted by atomic mass is 9.95. The SMILES string of the molecule is CC(=O)Nc1ccc(NC(=O)C2CCN(Cc3ccc(F)cc3)CC2)cc1. The Labute approximate surface area is 158 Å². The minimum absolute atomic E-state index is 0.00973. The molecule has 2 N–H and O–H groups in total. The minimum Gasteiger partial charge on any atom is -0.326 e. The quantitative estimate of drug-likeness (QED) is 0.846. The molecule has 0 aromatic heterocycles. The molecule has 1 heterocycles. The van der Waals surface area contributed by atoms with Crippen molar-refractivity contribution in [1.29, 1.82) is 0 Å². The first-order chi connectivity index (χ1) is 13.0. The second-order valence-corrected chi connectivity index (χ2v) is 6.92. The van der Waals surface area contributed by atoms with Crippen LogP contribution in [0.15, 0.2) is 48.5 Å². The molecule has 5 nitrogen and oxygen atoms in total. The molecule has 142 valence electrons. The molecule has 0 atom stereocenters. The van der Waals surface area contributed by atoms with Crippen LogP contribution in [0.25, 0.3) is 0 Å². The molecule has 6 heteroatoms. The molecule has 0 aliphatic carbocycles. The van der Waals surface area contributed by atoms with Crippen LogP contribution in [0.4, 0.5) is 15.8 Å². The number of amides is 2. The number of hydrogen-bond donors (Lipinski definition) is 2. The molecule has 27 heavy (non-hydrogen) atoms. The lowest BCUT2D eigenvalue weighted by Gasteiger charge is -2.31. The number of carbonyl (C=O) groups is 2. The summed E-state index contributed by atoms with van der Waals surface area (Å²) in [4.78, 5) is 25.8. The molecule has 2 amide bonds. The van der Waals surface area contributed by atoms with Gasteiger partial charge in [-0.2, -0.15) is 0 Å². The van der Waals surface area contributed by atoms with E-state index in [1.807, 2.05) is 0 Å². The van der Waals surface area contributed by atoms with Gasteiger partial charge in [-0.15, -0.1) is 0 Å². The predicted octanol–water partition coefficient (Wildman–Crippen LogP) is 3.63. The predicted molar refractivity (Wildman–Crippen MR) is 104 cm³/mol. The van der Waals surface area contributed by atoms with Gasteiger partial charge in [-0.05, 0) is 67.9 Å². The van der Waals surface area contributed by atoms with E-state index >= 15 is 0 Å². The monoisotopic (exact) mass is 369 g/mol. The first-order valence-corrected chi connectivity index (χ1v) is 9.15. The van der Waals surface area contributed by atoms with Crippen molar-refractivity contribution in [3.63, 3.8) is 0 Å². The number of halogens is 1. The van der Waals surface area contributed by atoms with Crippen LogP contribution in [-0.4, -0.2) is 29.8 Å². The highest BCUT2D eigenvalue weighted by molar-refractivity contribution is 5.93. The molecule has 1 aliphatic rings. The summed E-state index contributed by atoms with van der Waals surface area (Å²) in [5, 5.41) is 5.65. The fourth-order valence-corrected chi connectivity index (χ4v) is 3.29. The van der Waals surface area contributed by atoms with Crippen molar-refractivity contribution >= 4 is 23.2 Å². The van der Waals surface area contributed by atoms with Crippen molar-refractivity contribution in [3.05, 3.63) is 59.9 Å². The molecule has 2 aromatic carbocycles. The summed E-state index contributed by atoms with van der Waals surface area (Å²) in [5.74, 6) is -0.327. The number of piperidine rings is 1. The fraction of sp³-hybridized carbons (Fsp3) is 0.333. The molecule has 0 unspecified atom stereocenters. The van der Waals surface area contributed by atoms with Crippen LogP contribution in [0.3, 0.4) is 0 Å². The molecule has 1 fully saturated rings. The van der Waals surface area contributed by atoms with Crippen LogP contribution in [0.2, 0.25) is 0 Å². The average Bonchev–Trinajstić information content (AvgIpc) is 2.65. The van der Waals surface area contributed by atoms with E-state index in [2.05, 4.69) is 15.5 Å². The molecule has 0 bridgehead atoms. The molecule has 3 rings (SSSR count). The van der Waals surface area contributed by atoms with E-state index in [1.165, 1.54) is 19.1 Å². The molecular weight excluding hydrogens is 345 g/mol. The Balaban J connectivity index is 1.46. The minimum atomic E-state index is -0.223. The van der Waals surface area contributed by atoms with Gasteiger partial charge in [0.1, 0.15) is 5.82 Å².